The van der Waals surface area contributed by atoms with Crippen LogP contribution >= 0.6 is 0 Å². The number of hydrogen-bond donors (Lipinski definition) is 2. The summed E-state index contributed by atoms with van der Waals surface area (Å²) in [7, 11) is 0. The van der Waals surface area contributed by atoms with E-state index in [4.69, 9.17) is 0 Å². The van der Waals surface area contributed by atoms with Gasteiger partial charge in [0.05, 0.1) is 12.6 Å². The molecule has 0 radical (unpaired) electrons. The number of piperazine rings is 1. The van der Waals surface area contributed by atoms with Gasteiger partial charge in [-0.25, -0.2) is 0 Å². The molecule has 0 bridgehead atoms. The molecule has 2 aliphatic rings. The predicted octanol–water partition coefficient (Wildman–Crippen LogP) is 3.13. The van der Waals surface area contributed by atoms with Crippen molar-refractivity contribution in [2.24, 2.45) is 11.8 Å². The van der Waals surface area contributed by atoms with Gasteiger partial charge in [-0.15, -0.1) is 0 Å². The lowest BCUT2D eigenvalue weighted by molar-refractivity contribution is -0.128. The molecule has 1 aromatic carbocycles. The van der Waals surface area contributed by atoms with Gasteiger partial charge in [0.15, 0.2) is 0 Å². The van der Waals surface area contributed by atoms with Gasteiger partial charge in [0, 0.05) is 37.9 Å². The van der Waals surface area contributed by atoms with Crippen LogP contribution in [-0.2, 0) is 16.0 Å². The van der Waals surface area contributed by atoms with E-state index in [1.54, 1.807) is 0 Å². The molecule has 2 N–H and O–H groups in total. The van der Waals surface area contributed by atoms with E-state index in [2.05, 4.69) is 47.3 Å². The van der Waals surface area contributed by atoms with E-state index in [9.17, 15) is 9.59 Å². The van der Waals surface area contributed by atoms with Crippen LogP contribution in [0.2, 0.25) is 0 Å². The topological polar surface area (TPSA) is 64.7 Å². The van der Waals surface area contributed by atoms with E-state index in [1.165, 1.54) is 12.8 Å². The van der Waals surface area contributed by atoms with Gasteiger partial charge >= 0.3 is 0 Å². The van der Waals surface area contributed by atoms with Gasteiger partial charge in [0.25, 0.3) is 0 Å². The summed E-state index contributed by atoms with van der Waals surface area (Å²) < 4.78 is 0. The minimum absolute atomic E-state index is 0.0283. The standard InChI is InChI=1S/C25H40N4O2/c1-5-21-10-6-7-11-23(21)26-24(30)17-28-13-15-29(16-14-28)20(4)25(31)27-22-12-8-9-18(2)19(22)3/h6-7,10-11,18-20,22H,5,8-9,12-17H2,1-4H3,(H,26,30)(H,27,31). The number of amides is 2. The fraction of sp³-hybridized carbons (Fsp3) is 0.680. The lowest BCUT2D eigenvalue weighted by Gasteiger charge is -2.39. The molecule has 1 saturated heterocycles. The molecule has 1 aliphatic heterocycles. The molecular formula is C25H40N4O2. The van der Waals surface area contributed by atoms with Crippen LogP contribution < -0.4 is 10.6 Å². The second-order valence-corrected chi connectivity index (χ2v) is 9.43. The van der Waals surface area contributed by atoms with Crippen molar-refractivity contribution in [3.63, 3.8) is 0 Å². The average Bonchev–Trinajstić information content (AvgIpc) is 2.77. The van der Waals surface area contributed by atoms with Crippen LogP contribution in [0.5, 0.6) is 0 Å². The fourth-order valence-corrected chi connectivity index (χ4v) is 4.91. The number of hydrogen-bond acceptors (Lipinski definition) is 4. The molecule has 4 unspecified atom stereocenters. The third-order valence-electron chi connectivity index (χ3n) is 7.41. The number of nitrogens with zero attached hydrogens (tertiary/aromatic N) is 2. The molecule has 1 heterocycles. The van der Waals surface area contributed by atoms with Gasteiger partial charge < -0.3 is 10.6 Å². The molecule has 4 atom stereocenters. The zero-order valence-corrected chi connectivity index (χ0v) is 19.7. The fourth-order valence-electron chi connectivity index (χ4n) is 4.91. The second-order valence-electron chi connectivity index (χ2n) is 9.43. The van der Waals surface area contributed by atoms with Gasteiger partial charge in [-0.3, -0.25) is 19.4 Å². The molecule has 2 fully saturated rings. The van der Waals surface area contributed by atoms with Crippen LogP contribution in [0.1, 0.15) is 52.5 Å². The van der Waals surface area contributed by atoms with Crippen LogP contribution in [0.3, 0.4) is 0 Å². The number of aryl methyl sites for hydroxylation is 1. The summed E-state index contributed by atoms with van der Waals surface area (Å²) >= 11 is 0. The summed E-state index contributed by atoms with van der Waals surface area (Å²) in [5, 5.41) is 6.38. The Bertz CT molecular complexity index is 745. The van der Waals surface area contributed by atoms with E-state index in [0.717, 1.165) is 50.3 Å². The van der Waals surface area contributed by atoms with Crippen molar-refractivity contribution in [1.29, 1.82) is 0 Å². The Hall–Kier alpha value is -1.92. The van der Waals surface area contributed by atoms with E-state index < -0.39 is 0 Å². The van der Waals surface area contributed by atoms with Crippen molar-refractivity contribution in [3.8, 4) is 0 Å². The second kappa shape index (κ2) is 11.1. The summed E-state index contributed by atoms with van der Waals surface area (Å²) in [5.41, 5.74) is 2.06. The number of benzene rings is 1. The highest BCUT2D eigenvalue weighted by Gasteiger charge is 2.31. The minimum atomic E-state index is -0.128. The van der Waals surface area contributed by atoms with Crippen molar-refractivity contribution in [2.75, 3.05) is 38.0 Å². The molecule has 31 heavy (non-hydrogen) atoms. The summed E-state index contributed by atoms with van der Waals surface area (Å²) in [6.45, 7) is 12.3. The SMILES string of the molecule is CCc1ccccc1NC(=O)CN1CCN(C(C)C(=O)NC2CCCC(C)C2C)CC1. The molecule has 0 aromatic heterocycles. The van der Waals surface area contributed by atoms with E-state index in [1.807, 2.05) is 25.1 Å². The maximum atomic E-state index is 12.9. The smallest absolute Gasteiger partial charge is 0.238 e. The maximum Gasteiger partial charge on any atom is 0.238 e. The molecule has 6 nitrogen and oxygen atoms in total. The highest BCUT2D eigenvalue weighted by atomic mass is 16.2. The first-order valence-electron chi connectivity index (χ1n) is 12.0. The van der Waals surface area contributed by atoms with Gasteiger partial charge in [-0.2, -0.15) is 0 Å². The minimum Gasteiger partial charge on any atom is -0.352 e. The summed E-state index contributed by atoms with van der Waals surface area (Å²) in [4.78, 5) is 29.8. The number of carbonyl (C=O) groups excluding carboxylic acids is 2. The first-order chi connectivity index (χ1) is 14.9. The van der Waals surface area contributed by atoms with Crippen LogP contribution in [0.4, 0.5) is 5.69 Å². The Morgan fingerprint density at radius 3 is 2.52 bits per heavy atom. The van der Waals surface area contributed by atoms with E-state index in [0.29, 0.717) is 24.4 Å². The normalized spacial score (nSPS) is 26.3. The Morgan fingerprint density at radius 1 is 1.10 bits per heavy atom. The number of carbonyl (C=O) groups is 2. The summed E-state index contributed by atoms with van der Waals surface area (Å²) in [6, 6.07) is 8.14. The van der Waals surface area contributed by atoms with Crippen LogP contribution in [0.25, 0.3) is 0 Å². The third kappa shape index (κ3) is 6.30. The summed E-state index contributed by atoms with van der Waals surface area (Å²) in [6.07, 6.45) is 4.46. The van der Waals surface area contributed by atoms with Crippen LogP contribution in [-0.4, -0.2) is 66.4 Å². The molecule has 6 heteroatoms. The Morgan fingerprint density at radius 2 is 1.81 bits per heavy atom. The third-order valence-corrected chi connectivity index (χ3v) is 7.41. The van der Waals surface area contributed by atoms with Crippen molar-refractivity contribution >= 4 is 17.5 Å². The average molecular weight is 429 g/mol. The molecule has 172 valence electrons. The predicted molar refractivity (Wildman–Crippen MR) is 126 cm³/mol. The highest BCUT2D eigenvalue weighted by Crippen LogP contribution is 2.29. The van der Waals surface area contributed by atoms with Crippen LogP contribution in [0.15, 0.2) is 24.3 Å². The molecule has 1 aliphatic carbocycles. The van der Waals surface area contributed by atoms with Gasteiger partial charge in [-0.1, -0.05) is 51.8 Å². The van der Waals surface area contributed by atoms with Crippen molar-refractivity contribution < 1.29 is 9.59 Å². The number of anilines is 1. The molecule has 1 saturated carbocycles. The van der Waals surface area contributed by atoms with Gasteiger partial charge in [0.1, 0.15) is 0 Å². The van der Waals surface area contributed by atoms with Crippen molar-refractivity contribution in [2.45, 2.75) is 65.5 Å². The molecule has 1 aromatic rings. The number of nitrogens with one attached hydrogen (secondary N) is 2. The van der Waals surface area contributed by atoms with E-state index in [-0.39, 0.29) is 17.9 Å². The largest absolute Gasteiger partial charge is 0.352 e. The number of rotatable bonds is 7. The zero-order valence-electron chi connectivity index (χ0n) is 19.7. The lowest BCUT2D eigenvalue weighted by Crippen LogP contribution is -2.56. The van der Waals surface area contributed by atoms with E-state index >= 15 is 0 Å². The summed E-state index contributed by atoms with van der Waals surface area (Å²) in [5.74, 6) is 1.39. The van der Waals surface area contributed by atoms with Crippen molar-refractivity contribution in [3.05, 3.63) is 29.8 Å². The first kappa shape index (κ1) is 23.7. The lowest BCUT2D eigenvalue weighted by atomic mass is 9.78. The monoisotopic (exact) mass is 428 g/mol. The molecule has 2 amide bonds. The Labute approximate surface area is 187 Å². The van der Waals surface area contributed by atoms with Gasteiger partial charge in [0.2, 0.25) is 11.8 Å². The van der Waals surface area contributed by atoms with Gasteiger partial charge in [-0.05, 0) is 43.2 Å². The quantitative estimate of drug-likeness (QED) is 0.700. The van der Waals surface area contributed by atoms with Crippen molar-refractivity contribution in [1.82, 2.24) is 15.1 Å². The molecule has 3 rings (SSSR count). The maximum absolute atomic E-state index is 12.9. The first-order valence-corrected chi connectivity index (χ1v) is 12.0. The zero-order chi connectivity index (χ0) is 22.4. The number of para-hydroxylation sites is 1. The molecule has 0 spiro atoms. The Kier molecular flexibility index (Phi) is 8.50. The van der Waals surface area contributed by atoms with Crippen LogP contribution in [0, 0.1) is 11.8 Å². The highest BCUT2D eigenvalue weighted by molar-refractivity contribution is 5.93. The molecular weight excluding hydrogens is 388 g/mol. The Balaban J connectivity index is 1.43.